The van der Waals surface area contributed by atoms with Crippen molar-refractivity contribution in [3.05, 3.63) is 23.4 Å². The molecule has 2 atom stereocenters. The first kappa shape index (κ1) is 13.8. The Labute approximate surface area is 111 Å². The molecule has 2 unspecified atom stereocenters. The van der Waals surface area contributed by atoms with Crippen LogP contribution >= 0.6 is 0 Å². The van der Waals surface area contributed by atoms with E-state index in [0.29, 0.717) is 18.5 Å². The lowest BCUT2D eigenvalue weighted by molar-refractivity contribution is -0.119. The summed E-state index contributed by atoms with van der Waals surface area (Å²) in [7, 11) is 0. The summed E-state index contributed by atoms with van der Waals surface area (Å²) < 4.78 is 0. The summed E-state index contributed by atoms with van der Waals surface area (Å²) in [5.74, 6) is 0.704. The summed E-state index contributed by atoms with van der Waals surface area (Å²) in [4.78, 5) is 14.9. The maximum Gasteiger partial charge on any atom is 0.216 e. The van der Waals surface area contributed by atoms with E-state index in [9.17, 15) is 15.0 Å². The van der Waals surface area contributed by atoms with Gasteiger partial charge in [-0.05, 0) is 24.5 Å². The molecule has 0 aromatic carbocycles. The third-order valence-electron chi connectivity index (χ3n) is 3.19. The molecule has 0 radical (unpaired) electrons. The topological polar surface area (TPSA) is 94.5 Å². The van der Waals surface area contributed by atoms with Crippen molar-refractivity contribution in [3.8, 4) is 0 Å². The SMILES string of the molecule is CC(=O)NCCC(O)C(O)c1cnc2c(c1)CCN2. The van der Waals surface area contributed by atoms with Gasteiger partial charge in [0.1, 0.15) is 11.9 Å². The van der Waals surface area contributed by atoms with Crippen molar-refractivity contribution in [3.63, 3.8) is 0 Å². The second-order valence-electron chi connectivity index (χ2n) is 4.74. The molecule has 2 rings (SSSR count). The van der Waals surface area contributed by atoms with Gasteiger partial charge in [0.2, 0.25) is 5.91 Å². The van der Waals surface area contributed by atoms with Crippen LogP contribution in [0.2, 0.25) is 0 Å². The van der Waals surface area contributed by atoms with Crippen molar-refractivity contribution >= 4 is 11.7 Å². The van der Waals surface area contributed by atoms with E-state index in [1.807, 2.05) is 6.07 Å². The highest BCUT2D eigenvalue weighted by atomic mass is 16.3. The van der Waals surface area contributed by atoms with Crippen molar-refractivity contribution in [2.75, 3.05) is 18.4 Å². The Morgan fingerprint density at radius 3 is 3.11 bits per heavy atom. The summed E-state index contributed by atoms with van der Waals surface area (Å²) in [5, 5.41) is 25.7. The van der Waals surface area contributed by atoms with Crippen molar-refractivity contribution in [2.45, 2.75) is 32.0 Å². The van der Waals surface area contributed by atoms with Crippen LogP contribution in [0.5, 0.6) is 0 Å². The number of anilines is 1. The number of pyridine rings is 1. The predicted octanol–water partition coefficient (Wildman–Crippen LogP) is -0.0299. The number of aliphatic hydroxyl groups excluding tert-OH is 2. The molecule has 6 heteroatoms. The number of hydrogen-bond donors (Lipinski definition) is 4. The fourth-order valence-electron chi connectivity index (χ4n) is 2.13. The summed E-state index contributed by atoms with van der Waals surface area (Å²) in [5.41, 5.74) is 1.67. The molecule has 1 aromatic heterocycles. The van der Waals surface area contributed by atoms with E-state index in [-0.39, 0.29) is 5.91 Å². The van der Waals surface area contributed by atoms with Gasteiger partial charge in [-0.3, -0.25) is 4.79 Å². The van der Waals surface area contributed by atoms with Crippen LogP contribution in [-0.4, -0.2) is 40.3 Å². The van der Waals surface area contributed by atoms with E-state index >= 15 is 0 Å². The molecule has 0 spiro atoms. The van der Waals surface area contributed by atoms with Gasteiger partial charge in [-0.1, -0.05) is 0 Å². The van der Waals surface area contributed by atoms with Crippen LogP contribution in [0.1, 0.15) is 30.6 Å². The largest absolute Gasteiger partial charge is 0.390 e. The average molecular weight is 265 g/mol. The summed E-state index contributed by atoms with van der Waals surface area (Å²) in [6, 6.07) is 1.87. The molecule has 2 heterocycles. The van der Waals surface area contributed by atoms with E-state index in [2.05, 4.69) is 15.6 Å². The van der Waals surface area contributed by atoms with E-state index in [1.165, 1.54) is 6.92 Å². The molecule has 0 saturated heterocycles. The lowest BCUT2D eigenvalue weighted by Crippen LogP contribution is -2.27. The number of aliphatic hydroxyl groups is 2. The van der Waals surface area contributed by atoms with Crippen LogP contribution in [-0.2, 0) is 11.2 Å². The number of carbonyl (C=O) groups excluding carboxylic acids is 1. The second kappa shape index (κ2) is 5.99. The quantitative estimate of drug-likeness (QED) is 0.600. The van der Waals surface area contributed by atoms with Gasteiger partial charge in [0.15, 0.2) is 0 Å². The Kier molecular flexibility index (Phi) is 4.34. The summed E-state index contributed by atoms with van der Waals surface area (Å²) >= 11 is 0. The first-order valence-electron chi connectivity index (χ1n) is 6.41. The van der Waals surface area contributed by atoms with Gasteiger partial charge in [-0.15, -0.1) is 0 Å². The zero-order valence-corrected chi connectivity index (χ0v) is 10.9. The van der Waals surface area contributed by atoms with Crippen LogP contribution in [0.3, 0.4) is 0 Å². The van der Waals surface area contributed by atoms with Crippen molar-refractivity contribution in [1.29, 1.82) is 0 Å². The minimum atomic E-state index is -0.979. The normalized spacial score (nSPS) is 16.4. The number of carbonyl (C=O) groups is 1. The Hall–Kier alpha value is -1.66. The van der Waals surface area contributed by atoms with E-state index < -0.39 is 12.2 Å². The highest BCUT2D eigenvalue weighted by molar-refractivity contribution is 5.72. The maximum absolute atomic E-state index is 10.7. The lowest BCUT2D eigenvalue weighted by Gasteiger charge is -2.18. The van der Waals surface area contributed by atoms with Crippen LogP contribution < -0.4 is 10.6 Å². The standard InChI is InChI=1S/C13H19N3O3/c1-8(17)14-5-3-11(18)12(19)10-6-9-2-4-15-13(9)16-7-10/h6-7,11-12,18-19H,2-5H2,1H3,(H,14,17)(H,15,16). The molecule has 1 aliphatic rings. The molecule has 1 amide bonds. The van der Waals surface area contributed by atoms with E-state index in [4.69, 9.17) is 0 Å². The molecule has 4 N–H and O–H groups in total. The smallest absolute Gasteiger partial charge is 0.216 e. The highest BCUT2D eigenvalue weighted by Crippen LogP contribution is 2.25. The lowest BCUT2D eigenvalue weighted by atomic mass is 10.0. The summed E-state index contributed by atoms with van der Waals surface area (Å²) in [6.45, 7) is 2.61. The van der Waals surface area contributed by atoms with Crippen LogP contribution in [0.25, 0.3) is 0 Å². The minimum Gasteiger partial charge on any atom is -0.390 e. The van der Waals surface area contributed by atoms with E-state index in [0.717, 1.165) is 24.3 Å². The van der Waals surface area contributed by atoms with Crippen molar-refractivity contribution < 1.29 is 15.0 Å². The van der Waals surface area contributed by atoms with E-state index in [1.54, 1.807) is 6.20 Å². The highest BCUT2D eigenvalue weighted by Gasteiger charge is 2.21. The molecular weight excluding hydrogens is 246 g/mol. The molecular formula is C13H19N3O3. The van der Waals surface area contributed by atoms with Gasteiger partial charge in [0, 0.05) is 31.8 Å². The number of nitrogens with zero attached hydrogens (tertiary/aromatic N) is 1. The van der Waals surface area contributed by atoms with Gasteiger partial charge in [-0.25, -0.2) is 4.98 Å². The summed E-state index contributed by atoms with van der Waals surface area (Å²) in [6.07, 6.45) is 0.859. The predicted molar refractivity (Wildman–Crippen MR) is 70.7 cm³/mol. The van der Waals surface area contributed by atoms with Crippen molar-refractivity contribution in [1.82, 2.24) is 10.3 Å². The van der Waals surface area contributed by atoms with Crippen molar-refractivity contribution in [2.24, 2.45) is 0 Å². The second-order valence-corrected chi connectivity index (χ2v) is 4.74. The zero-order chi connectivity index (χ0) is 13.8. The number of rotatable bonds is 5. The first-order valence-corrected chi connectivity index (χ1v) is 6.41. The molecule has 0 fully saturated rings. The number of aromatic nitrogens is 1. The van der Waals surface area contributed by atoms with Gasteiger partial charge in [0.05, 0.1) is 6.10 Å². The Balaban J connectivity index is 1.94. The van der Waals surface area contributed by atoms with Crippen LogP contribution in [0, 0.1) is 0 Å². The Morgan fingerprint density at radius 1 is 1.58 bits per heavy atom. The monoisotopic (exact) mass is 265 g/mol. The first-order chi connectivity index (χ1) is 9.08. The molecule has 19 heavy (non-hydrogen) atoms. The molecule has 0 saturated carbocycles. The molecule has 1 aliphatic heterocycles. The van der Waals surface area contributed by atoms with Crippen LogP contribution in [0.15, 0.2) is 12.3 Å². The van der Waals surface area contributed by atoms with Crippen LogP contribution in [0.4, 0.5) is 5.82 Å². The van der Waals surface area contributed by atoms with Gasteiger partial charge >= 0.3 is 0 Å². The van der Waals surface area contributed by atoms with Gasteiger partial charge in [-0.2, -0.15) is 0 Å². The number of fused-ring (bicyclic) bond motifs is 1. The molecule has 0 bridgehead atoms. The fraction of sp³-hybridized carbons (Fsp3) is 0.538. The van der Waals surface area contributed by atoms with Gasteiger partial charge < -0.3 is 20.8 Å². The maximum atomic E-state index is 10.7. The Morgan fingerprint density at radius 2 is 2.37 bits per heavy atom. The molecule has 0 aliphatic carbocycles. The average Bonchev–Trinajstić information content (AvgIpc) is 2.84. The molecule has 104 valence electrons. The fourth-order valence-corrected chi connectivity index (χ4v) is 2.13. The molecule has 1 aromatic rings. The number of hydrogen-bond acceptors (Lipinski definition) is 5. The zero-order valence-electron chi connectivity index (χ0n) is 10.9. The molecule has 6 nitrogen and oxygen atoms in total. The minimum absolute atomic E-state index is 0.146. The van der Waals surface area contributed by atoms with Gasteiger partial charge in [0.25, 0.3) is 0 Å². The Bertz CT molecular complexity index is 464. The number of nitrogens with one attached hydrogen (secondary N) is 2. The number of amides is 1. The third-order valence-corrected chi connectivity index (χ3v) is 3.19. The third kappa shape index (κ3) is 3.42.